The first-order valence-electron chi connectivity index (χ1n) is 6.69. The van der Waals surface area contributed by atoms with Gasteiger partial charge >= 0.3 is 5.97 Å². The van der Waals surface area contributed by atoms with Crippen molar-refractivity contribution in [3.63, 3.8) is 0 Å². The van der Waals surface area contributed by atoms with E-state index in [9.17, 15) is 13.2 Å². The molecule has 2 aromatic heterocycles. The lowest BCUT2D eigenvalue weighted by molar-refractivity contribution is 0.0740. The summed E-state index contributed by atoms with van der Waals surface area (Å²) in [6.07, 6.45) is 0.715. The lowest BCUT2D eigenvalue weighted by Gasteiger charge is -2.01. The van der Waals surface area contributed by atoms with Gasteiger partial charge in [0.15, 0.2) is 11.6 Å². The summed E-state index contributed by atoms with van der Waals surface area (Å²) in [5.74, 6) is 0.137. The maximum Gasteiger partial charge on any atom is 0.353 e. The fourth-order valence-electron chi connectivity index (χ4n) is 1.76. The van der Waals surface area contributed by atoms with Crippen LogP contribution in [-0.2, 0) is 10.1 Å². The summed E-state index contributed by atoms with van der Waals surface area (Å²) in [4.78, 5) is 12.4. The molecule has 0 bridgehead atoms. The van der Waals surface area contributed by atoms with Gasteiger partial charge in [-0.05, 0) is 29.6 Å². The Morgan fingerprint density at radius 2 is 2.00 bits per heavy atom. The zero-order valence-corrected chi connectivity index (χ0v) is 14.6. The van der Waals surface area contributed by atoms with Crippen molar-refractivity contribution in [2.75, 3.05) is 6.26 Å². The number of amidine groups is 1. The molecule has 0 spiro atoms. The van der Waals surface area contributed by atoms with Crippen LogP contribution in [-0.4, -0.2) is 31.0 Å². The molecule has 25 heavy (non-hydrogen) atoms. The van der Waals surface area contributed by atoms with Gasteiger partial charge < -0.3 is 14.9 Å². The first-order chi connectivity index (χ1) is 11.6. The van der Waals surface area contributed by atoms with E-state index >= 15 is 0 Å². The smallest absolute Gasteiger partial charge is 0.353 e. The molecule has 4 N–H and O–H groups in total. The summed E-state index contributed by atoms with van der Waals surface area (Å²) in [6, 6.07) is 10.2. The number of ether oxygens (including phenoxy) is 1. The third-order valence-corrected chi connectivity index (χ3v) is 3.54. The van der Waals surface area contributed by atoms with E-state index < -0.39 is 16.1 Å². The molecule has 0 amide bonds. The monoisotopic (exact) mass is 382 g/mol. The molecule has 8 nitrogen and oxygen atoms in total. The lowest BCUT2D eigenvalue weighted by atomic mass is 10.2. The van der Waals surface area contributed by atoms with E-state index in [2.05, 4.69) is 0 Å². The summed E-state index contributed by atoms with van der Waals surface area (Å²) in [5, 5.41) is 9.94. The molecule has 0 aliphatic rings. The Morgan fingerprint density at radius 3 is 2.56 bits per heavy atom. The van der Waals surface area contributed by atoms with Gasteiger partial charge in [0.2, 0.25) is 0 Å². The number of hydrogen-bond acceptors (Lipinski definition) is 7. The van der Waals surface area contributed by atoms with Crippen LogP contribution in [0.3, 0.4) is 0 Å². The molecule has 2 heterocycles. The van der Waals surface area contributed by atoms with Crippen LogP contribution in [0.15, 0.2) is 46.2 Å². The van der Waals surface area contributed by atoms with E-state index in [4.69, 9.17) is 24.8 Å². The van der Waals surface area contributed by atoms with Crippen LogP contribution in [0.25, 0.3) is 11.0 Å². The summed E-state index contributed by atoms with van der Waals surface area (Å²) in [5.41, 5.74) is 5.89. The third kappa shape index (κ3) is 5.71. The second-order valence-electron chi connectivity index (χ2n) is 4.82. The highest BCUT2D eigenvalue weighted by atomic mass is 32.2. The molecule has 3 aromatic rings. The van der Waals surface area contributed by atoms with Crippen molar-refractivity contribution in [2.24, 2.45) is 5.73 Å². The lowest BCUT2D eigenvalue weighted by Crippen LogP contribution is -2.09. The number of carbonyl (C=O) groups is 1. The Balaban J connectivity index is 0.000000399. The third-order valence-electron chi connectivity index (χ3n) is 2.69. The maximum atomic E-state index is 11.8. The molecular formula is C15H14N2O6S2. The fourth-order valence-corrected chi connectivity index (χ4v) is 2.36. The molecule has 0 aliphatic carbocycles. The fraction of sp³-hybridized carbons (Fsp3) is 0.0667. The second kappa shape index (κ2) is 7.47. The van der Waals surface area contributed by atoms with E-state index in [1.807, 2.05) is 5.38 Å². The number of benzene rings is 1. The molecule has 0 fully saturated rings. The van der Waals surface area contributed by atoms with E-state index in [1.165, 1.54) is 11.3 Å². The Bertz CT molecular complexity index is 998. The number of nitrogens with two attached hydrogens (primary N) is 1. The van der Waals surface area contributed by atoms with Crippen LogP contribution in [0, 0.1) is 5.41 Å². The van der Waals surface area contributed by atoms with Gasteiger partial charge in [-0.15, -0.1) is 11.3 Å². The molecular weight excluding hydrogens is 368 g/mol. The minimum atomic E-state index is -3.67. The molecule has 0 saturated carbocycles. The topological polar surface area (TPSA) is 144 Å². The summed E-state index contributed by atoms with van der Waals surface area (Å²) in [6.45, 7) is 0. The van der Waals surface area contributed by atoms with Crippen LogP contribution in [0.5, 0.6) is 5.75 Å². The van der Waals surface area contributed by atoms with Crippen molar-refractivity contribution in [1.82, 2.24) is 0 Å². The number of rotatable bonds is 3. The van der Waals surface area contributed by atoms with Crippen LogP contribution in [0.2, 0.25) is 0 Å². The van der Waals surface area contributed by atoms with E-state index in [1.54, 1.807) is 36.4 Å². The average molecular weight is 382 g/mol. The van der Waals surface area contributed by atoms with Crippen molar-refractivity contribution < 1.29 is 26.9 Å². The van der Waals surface area contributed by atoms with E-state index in [0.717, 1.165) is 5.39 Å². The molecule has 0 unspecified atom stereocenters. The minimum absolute atomic E-state index is 0.140. The molecule has 1 aromatic carbocycles. The number of esters is 1. The largest absolute Gasteiger partial charge is 0.453 e. The van der Waals surface area contributed by atoms with Gasteiger partial charge in [0.25, 0.3) is 10.1 Å². The molecule has 0 aliphatic heterocycles. The van der Waals surface area contributed by atoms with Gasteiger partial charge in [-0.2, -0.15) is 8.42 Å². The highest BCUT2D eigenvalue weighted by molar-refractivity contribution is 7.85. The summed E-state index contributed by atoms with van der Waals surface area (Å²) < 4.78 is 36.5. The predicted octanol–water partition coefficient (Wildman–Crippen LogP) is 2.50. The van der Waals surface area contributed by atoms with Gasteiger partial charge in [-0.25, -0.2) is 4.79 Å². The van der Waals surface area contributed by atoms with E-state index in [-0.39, 0.29) is 5.84 Å². The highest BCUT2D eigenvalue weighted by Crippen LogP contribution is 2.25. The van der Waals surface area contributed by atoms with Crippen LogP contribution in [0.1, 0.15) is 15.4 Å². The first kappa shape index (κ1) is 18.6. The first-order valence-corrected chi connectivity index (χ1v) is 9.42. The number of fused-ring (bicyclic) bond motifs is 1. The number of nitrogen functional groups attached to an aromatic ring is 1. The molecule has 0 atom stereocenters. The number of carbonyl (C=O) groups excluding carboxylic acids is 1. The van der Waals surface area contributed by atoms with Crippen molar-refractivity contribution >= 4 is 44.2 Å². The summed E-state index contributed by atoms with van der Waals surface area (Å²) in [7, 11) is -3.67. The standard InChI is InChI=1S/C14H10N2O3S.CH4O3S/c15-13(16)11-6-8-3-4-9(7-10(8)19-11)18-14(17)12-2-1-5-20-12;1-5(2,3)4/h1-7H,(H3,15,16);1H3,(H,2,3,4). The number of hydrogen-bond donors (Lipinski definition) is 3. The Kier molecular flexibility index (Phi) is 5.57. The van der Waals surface area contributed by atoms with Crippen LogP contribution in [0.4, 0.5) is 0 Å². The second-order valence-corrected chi connectivity index (χ2v) is 7.24. The molecule has 3 rings (SSSR count). The van der Waals surface area contributed by atoms with Gasteiger partial charge in [0.05, 0.1) is 6.26 Å². The van der Waals surface area contributed by atoms with Crippen molar-refractivity contribution in [1.29, 1.82) is 5.41 Å². The Labute approximate surface area is 147 Å². The Morgan fingerprint density at radius 1 is 1.32 bits per heavy atom. The van der Waals surface area contributed by atoms with Gasteiger partial charge in [-0.3, -0.25) is 9.96 Å². The number of nitrogens with one attached hydrogen (secondary N) is 1. The van der Waals surface area contributed by atoms with E-state index in [0.29, 0.717) is 28.2 Å². The maximum absolute atomic E-state index is 11.8. The molecule has 10 heteroatoms. The van der Waals surface area contributed by atoms with Crippen molar-refractivity contribution in [3.05, 3.63) is 52.4 Å². The zero-order chi connectivity index (χ0) is 18.6. The van der Waals surface area contributed by atoms with Crippen molar-refractivity contribution in [3.8, 4) is 5.75 Å². The van der Waals surface area contributed by atoms with Gasteiger partial charge in [0.1, 0.15) is 16.2 Å². The summed E-state index contributed by atoms with van der Waals surface area (Å²) >= 11 is 1.32. The van der Waals surface area contributed by atoms with Gasteiger partial charge in [-0.1, -0.05) is 6.07 Å². The zero-order valence-electron chi connectivity index (χ0n) is 12.9. The van der Waals surface area contributed by atoms with Gasteiger partial charge in [0, 0.05) is 11.5 Å². The molecule has 0 saturated heterocycles. The average Bonchev–Trinajstić information content (AvgIpc) is 3.14. The number of thiophene rings is 1. The Hall–Kier alpha value is -2.69. The SMILES string of the molecule is CS(=O)(=O)O.N=C(N)c1cc2ccc(OC(=O)c3cccs3)cc2o1. The highest BCUT2D eigenvalue weighted by Gasteiger charge is 2.12. The van der Waals surface area contributed by atoms with Crippen molar-refractivity contribution in [2.45, 2.75) is 0 Å². The minimum Gasteiger partial charge on any atom is -0.453 e. The van der Waals surface area contributed by atoms with Crippen LogP contribution >= 0.6 is 11.3 Å². The normalized spacial score (nSPS) is 10.8. The van der Waals surface area contributed by atoms with Crippen LogP contribution < -0.4 is 10.5 Å². The molecule has 0 radical (unpaired) electrons. The number of furan rings is 1. The predicted molar refractivity (Wildman–Crippen MR) is 94.0 cm³/mol. The molecule has 132 valence electrons. The quantitative estimate of drug-likeness (QED) is 0.207.